The summed E-state index contributed by atoms with van der Waals surface area (Å²) in [4.78, 5) is 4.89. The topological polar surface area (TPSA) is 44.5 Å². The summed E-state index contributed by atoms with van der Waals surface area (Å²) in [6.45, 7) is 6.96. The summed E-state index contributed by atoms with van der Waals surface area (Å²) in [5.41, 5.74) is 2.31. The Labute approximate surface area is 131 Å². The van der Waals surface area contributed by atoms with E-state index in [1.165, 1.54) is 18.4 Å². The van der Waals surface area contributed by atoms with Gasteiger partial charge >= 0.3 is 0 Å². The molecular weight excluding hydrogens is 288 g/mol. The average molecular weight is 313 g/mol. The highest BCUT2D eigenvalue weighted by Crippen LogP contribution is 2.26. The first-order valence-electron chi connectivity index (χ1n) is 7.93. The quantitative estimate of drug-likeness (QED) is 0.909. The molecule has 1 N–H and O–H groups in total. The van der Waals surface area contributed by atoms with Crippen molar-refractivity contribution in [3.05, 3.63) is 16.4 Å². The highest BCUT2D eigenvalue weighted by molar-refractivity contribution is 6.30. The molecule has 5 nitrogen and oxygen atoms in total. The lowest BCUT2D eigenvalue weighted by Crippen LogP contribution is -2.57. The lowest BCUT2D eigenvalue weighted by atomic mass is 9.98. The maximum absolute atomic E-state index is 9.41. The van der Waals surface area contributed by atoms with Crippen molar-refractivity contribution in [1.82, 2.24) is 19.6 Å². The third-order valence-electron chi connectivity index (χ3n) is 4.83. The maximum atomic E-state index is 9.41. The number of β-amino-alcohol motifs (C(OH)–C–C–N with tert-alkyl or cyclic N) is 1. The Kier molecular flexibility index (Phi) is 4.54. The number of aromatic nitrogens is 2. The molecular formula is C15H25ClN4O. The summed E-state index contributed by atoms with van der Waals surface area (Å²) in [6.07, 6.45) is 3.21. The van der Waals surface area contributed by atoms with E-state index in [9.17, 15) is 5.11 Å². The highest BCUT2D eigenvalue weighted by atomic mass is 35.5. The fourth-order valence-electron chi connectivity index (χ4n) is 3.49. The first-order valence-corrected chi connectivity index (χ1v) is 8.31. The van der Waals surface area contributed by atoms with Gasteiger partial charge in [-0.2, -0.15) is 5.10 Å². The molecule has 0 amide bonds. The van der Waals surface area contributed by atoms with Crippen LogP contribution in [-0.2, 0) is 20.0 Å². The number of hydrogen-bond donors (Lipinski definition) is 1. The van der Waals surface area contributed by atoms with E-state index in [0.717, 1.165) is 50.0 Å². The first kappa shape index (κ1) is 15.3. The minimum Gasteiger partial charge on any atom is -0.390 e. The van der Waals surface area contributed by atoms with Crippen molar-refractivity contribution in [2.24, 2.45) is 7.05 Å². The number of rotatable bonds is 4. The smallest absolute Gasteiger partial charge is 0.131 e. The van der Waals surface area contributed by atoms with E-state index in [2.05, 4.69) is 21.8 Å². The number of piperidine rings is 1. The molecule has 0 spiro atoms. The van der Waals surface area contributed by atoms with Crippen molar-refractivity contribution in [2.45, 2.75) is 44.9 Å². The fraction of sp³-hybridized carbons (Fsp3) is 0.800. The van der Waals surface area contributed by atoms with Crippen LogP contribution < -0.4 is 0 Å². The van der Waals surface area contributed by atoms with Gasteiger partial charge < -0.3 is 5.11 Å². The van der Waals surface area contributed by atoms with Crippen LogP contribution in [0.2, 0.25) is 5.15 Å². The van der Waals surface area contributed by atoms with Gasteiger partial charge in [0.2, 0.25) is 0 Å². The third-order valence-corrected chi connectivity index (χ3v) is 5.31. The van der Waals surface area contributed by atoms with Crippen LogP contribution in [0.1, 0.15) is 31.0 Å². The summed E-state index contributed by atoms with van der Waals surface area (Å²) in [5, 5.41) is 14.7. The predicted octanol–water partition coefficient (Wildman–Crippen LogP) is 1.28. The van der Waals surface area contributed by atoms with E-state index < -0.39 is 0 Å². The van der Waals surface area contributed by atoms with Crippen molar-refractivity contribution < 1.29 is 5.11 Å². The predicted molar refractivity (Wildman–Crippen MR) is 83.5 cm³/mol. The summed E-state index contributed by atoms with van der Waals surface area (Å²) >= 11 is 6.38. The van der Waals surface area contributed by atoms with Crippen molar-refractivity contribution in [2.75, 3.05) is 26.2 Å². The zero-order chi connectivity index (χ0) is 15.0. The van der Waals surface area contributed by atoms with Crippen LogP contribution in [0.5, 0.6) is 0 Å². The first-order chi connectivity index (χ1) is 10.1. The maximum Gasteiger partial charge on any atom is 0.131 e. The van der Waals surface area contributed by atoms with Gasteiger partial charge in [0.1, 0.15) is 5.15 Å². The average Bonchev–Trinajstić information content (AvgIpc) is 2.73. The number of aliphatic hydroxyl groups is 1. The minimum absolute atomic E-state index is 0.0932. The van der Waals surface area contributed by atoms with Crippen LogP contribution in [0.3, 0.4) is 0 Å². The molecule has 1 aromatic rings. The number of likely N-dealkylation sites (tertiary alicyclic amines) is 2. The summed E-state index contributed by atoms with van der Waals surface area (Å²) in [7, 11) is 1.91. The van der Waals surface area contributed by atoms with Gasteiger partial charge in [0, 0.05) is 38.3 Å². The molecule has 6 heteroatoms. The second kappa shape index (κ2) is 6.24. The van der Waals surface area contributed by atoms with Crippen LogP contribution >= 0.6 is 11.6 Å². The largest absolute Gasteiger partial charge is 0.390 e. The number of aryl methyl sites for hydroxylation is 2. The second-order valence-corrected chi connectivity index (χ2v) is 6.67. The van der Waals surface area contributed by atoms with Crippen molar-refractivity contribution in [3.63, 3.8) is 0 Å². The van der Waals surface area contributed by atoms with E-state index >= 15 is 0 Å². The Morgan fingerprint density at radius 2 is 1.95 bits per heavy atom. The molecule has 0 atom stereocenters. The molecule has 1 aromatic heterocycles. The number of halogens is 1. The standard InChI is InChI=1S/C15H25ClN4O/c1-3-14-13(15(16)18(2)17-14)10-19-6-4-11(5-7-19)20-8-12(21)9-20/h11-12,21H,3-10H2,1-2H3. The molecule has 2 aliphatic heterocycles. The van der Waals surface area contributed by atoms with Gasteiger partial charge in [0.25, 0.3) is 0 Å². The molecule has 2 aliphatic rings. The monoisotopic (exact) mass is 312 g/mol. The molecule has 2 saturated heterocycles. The summed E-state index contributed by atoms with van der Waals surface area (Å²) < 4.78 is 1.78. The molecule has 3 rings (SSSR count). The molecule has 0 bridgehead atoms. The molecule has 2 fully saturated rings. The van der Waals surface area contributed by atoms with Gasteiger partial charge in [-0.05, 0) is 32.4 Å². The van der Waals surface area contributed by atoms with Crippen LogP contribution in [0, 0.1) is 0 Å². The Hall–Kier alpha value is -0.620. The van der Waals surface area contributed by atoms with E-state index in [-0.39, 0.29) is 6.10 Å². The normalized spacial score (nSPS) is 22.7. The zero-order valence-corrected chi connectivity index (χ0v) is 13.7. The van der Waals surface area contributed by atoms with Crippen molar-refractivity contribution >= 4 is 11.6 Å². The van der Waals surface area contributed by atoms with Gasteiger partial charge in [-0.1, -0.05) is 18.5 Å². The second-order valence-electron chi connectivity index (χ2n) is 6.31. The molecule has 118 valence electrons. The Bertz CT molecular complexity index is 490. The minimum atomic E-state index is -0.0932. The van der Waals surface area contributed by atoms with Crippen LogP contribution in [0.4, 0.5) is 0 Å². The fourth-order valence-corrected chi connectivity index (χ4v) is 3.70. The summed E-state index contributed by atoms with van der Waals surface area (Å²) in [5.74, 6) is 0. The molecule has 3 heterocycles. The molecule has 0 radical (unpaired) electrons. The SMILES string of the molecule is CCc1nn(C)c(Cl)c1CN1CCC(N2CC(O)C2)CC1. The van der Waals surface area contributed by atoms with Crippen LogP contribution in [-0.4, -0.2) is 63.0 Å². The Balaban J connectivity index is 1.56. The van der Waals surface area contributed by atoms with E-state index in [1.807, 2.05) is 7.05 Å². The van der Waals surface area contributed by atoms with E-state index in [0.29, 0.717) is 6.04 Å². The van der Waals surface area contributed by atoms with Crippen molar-refractivity contribution in [1.29, 1.82) is 0 Å². The molecule has 0 aromatic carbocycles. The number of aliphatic hydroxyl groups excluding tert-OH is 1. The highest BCUT2D eigenvalue weighted by Gasteiger charge is 2.33. The molecule has 0 aliphatic carbocycles. The van der Waals surface area contributed by atoms with E-state index in [1.54, 1.807) is 4.68 Å². The number of nitrogens with zero attached hydrogens (tertiary/aromatic N) is 4. The van der Waals surface area contributed by atoms with Gasteiger partial charge in [-0.15, -0.1) is 0 Å². The molecule has 0 unspecified atom stereocenters. The Morgan fingerprint density at radius 3 is 2.52 bits per heavy atom. The van der Waals surface area contributed by atoms with Crippen molar-refractivity contribution in [3.8, 4) is 0 Å². The van der Waals surface area contributed by atoms with Gasteiger partial charge in [0.05, 0.1) is 11.8 Å². The third kappa shape index (κ3) is 3.11. The lowest BCUT2D eigenvalue weighted by molar-refractivity contribution is -0.0402. The van der Waals surface area contributed by atoms with Gasteiger partial charge in [-0.3, -0.25) is 14.5 Å². The Morgan fingerprint density at radius 1 is 1.29 bits per heavy atom. The van der Waals surface area contributed by atoms with Gasteiger partial charge in [0.15, 0.2) is 0 Å². The van der Waals surface area contributed by atoms with Crippen LogP contribution in [0.25, 0.3) is 0 Å². The van der Waals surface area contributed by atoms with E-state index in [4.69, 9.17) is 11.6 Å². The van der Waals surface area contributed by atoms with Gasteiger partial charge in [-0.25, -0.2) is 0 Å². The lowest BCUT2D eigenvalue weighted by Gasteiger charge is -2.45. The number of hydrogen-bond acceptors (Lipinski definition) is 4. The summed E-state index contributed by atoms with van der Waals surface area (Å²) in [6, 6.07) is 0.652. The zero-order valence-electron chi connectivity index (χ0n) is 12.9. The molecule has 21 heavy (non-hydrogen) atoms. The molecule has 0 saturated carbocycles. The van der Waals surface area contributed by atoms with Crippen LogP contribution in [0.15, 0.2) is 0 Å².